The van der Waals surface area contributed by atoms with E-state index in [1.807, 2.05) is 26.8 Å². The van der Waals surface area contributed by atoms with Crippen LogP contribution in [0.15, 0.2) is 42.5 Å². The smallest absolute Gasteiger partial charge is 0.410 e. The lowest BCUT2D eigenvalue weighted by atomic mass is 9.89. The summed E-state index contributed by atoms with van der Waals surface area (Å²) in [6, 6.07) is 13.3. The number of urea groups is 1. The van der Waals surface area contributed by atoms with E-state index in [9.17, 15) is 9.59 Å². The highest BCUT2D eigenvalue weighted by Crippen LogP contribution is 2.40. The van der Waals surface area contributed by atoms with Gasteiger partial charge in [0.05, 0.1) is 11.7 Å². The lowest BCUT2D eigenvalue weighted by Gasteiger charge is -2.37. The molecule has 0 radical (unpaired) electrons. The number of carbonyl (C=O) groups is 2. The number of hydrogen-bond acceptors (Lipinski definition) is 4. The van der Waals surface area contributed by atoms with Gasteiger partial charge >= 0.3 is 12.1 Å². The number of halogens is 1. The fourth-order valence-corrected chi connectivity index (χ4v) is 5.82. The van der Waals surface area contributed by atoms with E-state index >= 15 is 4.39 Å². The van der Waals surface area contributed by atoms with Gasteiger partial charge in [0.25, 0.3) is 0 Å². The number of fused-ring (bicyclic) bond motifs is 2. The SMILES string of the molecule is Cc1ccc(C2CCN(C(=O)Nc3c(F)cccc3N3C[C@H]4C[C@@H]3CN4C(=O)OC(C)(C)C)CC2)cc1. The quantitative estimate of drug-likeness (QED) is 0.574. The Morgan fingerprint density at radius 2 is 1.70 bits per heavy atom. The molecular weight excluding hydrogens is 471 g/mol. The van der Waals surface area contributed by atoms with Gasteiger partial charge in [0.2, 0.25) is 0 Å². The molecule has 3 amide bonds. The average Bonchev–Trinajstić information content (AvgIpc) is 3.46. The average molecular weight is 509 g/mol. The van der Waals surface area contributed by atoms with Crippen LogP contribution in [0.2, 0.25) is 0 Å². The molecule has 3 aliphatic heterocycles. The van der Waals surface area contributed by atoms with Gasteiger partial charge < -0.3 is 24.8 Å². The Labute approximate surface area is 218 Å². The number of piperidine rings is 1. The summed E-state index contributed by atoms with van der Waals surface area (Å²) < 4.78 is 20.6. The number of aryl methyl sites for hydroxylation is 1. The standard InChI is InChI=1S/C29H37FN4O3/c1-19-8-10-20(11-9-19)21-12-14-32(15-13-21)27(35)31-26-24(30)6-5-7-25(26)33-17-23-16-22(33)18-34(23)28(36)37-29(2,3)4/h5-11,21-23H,12-18H2,1-4H3,(H,31,35)/t22-,23-/m1/s1. The number of anilines is 2. The van der Waals surface area contributed by atoms with Crippen molar-refractivity contribution in [3.63, 3.8) is 0 Å². The predicted octanol–water partition coefficient (Wildman–Crippen LogP) is 5.74. The van der Waals surface area contributed by atoms with E-state index in [0.29, 0.717) is 37.8 Å². The molecule has 2 aromatic carbocycles. The fraction of sp³-hybridized carbons (Fsp3) is 0.517. The maximum absolute atomic E-state index is 15.0. The van der Waals surface area contributed by atoms with Crippen LogP contribution in [0.1, 0.15) is 57.1 Å². The van der Waals surface area contributed by atoms with E-state index in [0.717, 1.165) is 19.3 Å². The number of nitrogens with one attached hydrogen (secondary N) is 1. The van der Waals surface area contributed by atoms with Crippen molar-refractivity contribution in [2.75, 3.05) is 36.4 Å². The van der Waals surface area contributed by atoms with E-state index in [4.69, 9.17) is 4.74 Å². The van der Waals surface area contributed by atoms with Crippen molar-refractivity contribution in [3.05, 3.63) is 59.4 Å². The third kappa shape index (κ3) is 5.38. The van der Waals surface area contributed by atoms with Gasteiger partial charge in [-0.3, -0.25) is 0 Å². The van der Waals surface area contributed by atoms with Crippen LogP contribution in [0.25, 0.3) is 0 Å². The zero-order chi connectivity index (χ0) is 26.3. The molecule has 3 fully saturated rings. The second kappa shape index (κ2) is 9.88. The predicted molar refractivity (Wildman–Crippen MR) is 143 cm³/mol. The van der Waals surface area contributed by atoms with Crippen LogP contribution in [0.3, 0.4) is 0 Å². The molecule has 3 saturated heterocycles. The molecule has 7 nitrogen and oxygen atoms in total. The monoisotopic (exact) mass is 508 g/mol. The number of ether oxygens (including phenoxy) is 1. The van der Waals surface area contributed by atoms with Gasteiger partial charge in [-0.05, 0) is 70.6 Å². The molecule has 37 heavy (non-hydrogen) atoms. The summed E-state index contributed by atoms with van der Waals surface area (Å²) in [5.41, 5.74) is 2.88. The molecule has 3 heterocycles. The Morgan fingerprint density at radius 3 is 2.32 bits per heavy atom. The van der Waals surface area contributed by atoms with Crippen LogP contribution in [0.4, 0.5) is 25.4 Å². The highest BCUT2D eigenvalue weighted by Gasteiger charge is 2.47. The summed E-state index contributed by atoms with van der Waals surface area (Å²) in [4.78, 5) is 31.5. The highest BCUT2D eigenvalue weighted by atomic mass is 19.1. The van der Waals surface area contributed by atoms with Crippen LogP contribution in [-0.2, 0) is 4.74 Å². The number of nitrogens with zero attached hydrogens (tertiary/aromatic N) is 3. The van der Waals surface area contributed by atoms with Crippen molar-refractivity contribution in [3.8, 4) is 0 Å². The van der Waals surface area contributed by atoms with Gasteiger partial charge in [-0.1, -0.05) is 35.9 Å². The largest absolute Gasteiger partial charge is 0.444 e. The maximum Gasteiger partial charge on any atom is 0.410 e. The number of rotatable bonds is 3. The lowest BCUT2D eigenvalue weighted by Crippen LogP contribution is -2.50. The summed E-state index contributed by atoms with van der Waals surface area (Å²) in [7, 11) is 0. The minimum atomic E-state index is -0.548. The first-order valence-electron chi connectivity index (χ1n) is 13.3. The summed E-state index contributed by atoms with van der Waals surface area (Å²) in [6.07, 6.45) is 2.27. The number of piperazine rings is 1. The minimum absolute atomic E-state index is 0.00692. The normalized spacial score (nSPS) is 21.9. The molecule has 5 rings (SSSR count). The van der Waals surface area contributed by atoms with E-state index < -0.39 is 11.4 Å². The highest BCUT2D eigenvalue weighted by molar-refractivity contribution is 5.93. The second-order valence-electron chi connectivity index (χ2n) is 11.6. The molecule has 0 aliphatic carbocycles. The number of likely N-dealkylation sites (tertiary alicyclic amines) is 2. The van der Waals surface area contributed by atoms with Gasteiger partial charge in [-0.15, -0.1) is 0 Å². The van der Waals surface area contributed by atoms with Crippen molar-refractivity contribution in [1.82, 2.24) is 9.80 Å². The molecule has 2 aromatic rings. The first-order valence-corrected chi connectivity index (χ1v) is 13.3. The molecule has 198 valence electrons. The topological polar surface area (TPSA) is 65.1 Å². The number of carbonyl (C=O) groups excluding carboxylic acids is 2. The van der Waals surface area contributed by atoms with Crippen LogP contribution >= 0.6 is 0 Å². The van der Waals surface area contributed by atoms with Gasteiger partial charge in [-0.25, -0.2) is 14.0 Å². The van der Waals surface area contributed by atoms with Crippen LogP contribution in [0.5, 0.6) is 0 Å². The first-order chi connectivity index (χ1) is 17.6. The Hall–Kier alpha value is -3.29. The lowest BCUT2D eigenvalue weighted by molar-refractivity contribution is 0.0214. The molecule has 1 N–H and O–H groups in total. The van der Waals surface area contributed by atoms with Crippen molar-refractivity contribution in [2.45, 2.75) is 70.6 Å². The van der Waals surface area contributed by atoms with E-state index in [2.05, 4.69) is 41.4 Å². The Bertz CT molecular complexity index is 1150. The van der Waals surface area contributed by atoms with Gasteiger partial charge in [-0.2, -0.15) is 0 Å². The van der Waals surface area contributed by atoms with E-state index in [1.165, 1.54) is 17.2 Å². The second-order valence-corrected chi connectivity index (χ2v) is 11.6. The van der Waals surface area contributed by atoms with E-state index in [1.54, 1.807) is 15.9 Å². The van der Waals surface area contributed by atoms with Crippen molar-refractivity contribution < 1.29 is 18.7 Å². The molecule has 2 atom stereocenters. The van der Waals surface area contributed by atoms with Crippen molar-refractivity contribution in [1.29, 1.82) is 0 Å². The third-order valence-corrected chi connectivity index (χ3v) is 7.73. The number of amides is 3. The summed E-state index contributed by atoms with van der Waals surface area (Å²) in [5, 5.41) is 2.88. The van der Waals surface area contributed by atoms with Gasteiger partial charge in [0, 0.05) is 32.2 Å². The number of hydrogen-bond donors (Lipinski definition) is 1. The number of benzene rings is 2. The summed E-state index contributed by atoms with van der Waals surface area (Å²) >= 11 is 0. The molecule has 0 saturated carbocycles. The first kappa shape index (κ1) is 25.4. The Balaban J connectivity index is 1.23. The molecule has 0 spiro atoms. The Morgan fingerprint density at radius 1 is 1.00 bits per heavy atom. The molecule has 3 aliphatic rings. The maximum atomic E-state index is 15.0. The van der Waals surface area contributed by atoms with Crippen molar-refractivity contribution in [2.24, 2.45) is 0 Å². The zero-order valence-electron chi connectivity index (χ0n) is 22.2. The van der Waals surface area contributed by atoms with Gasteiger partial charge in [0.1, 0.15) is 17.1 Å². The molecule has 2 bridgehead atoms. The molecule has 8 heteroatoms. The molecular formula is C29H37FN4O3. The van der Waals surface area contributed by atoms with Gasteiger partial charge in [0.15, 0.2) is 0 Å². The minimum Gasteiger partial charge on any atom is -0.444 e. The summed E-state index contributed by atoms with van der Waals surface area (Å²) in [5.74, 6) is -0.0195. The summed E-state index contributed by atoms with van der Waals surface area (Å²) in [6.45, 7) is 10.0. The zero-order valence-corrected chi connectivity index (χ0v) is 22.2. The Kier molecular flexibility index (Phi) is 6.77. The van der Waals surface area contributed by atoms with Crippen LogP contribution in [0, 0.1) is 12.7 Å². The molecule has 0 aromatic heterocycles. The molecule has 0 unspecified atom stereocenters. The fourth-order valence-electron chi connectivity index (χ4n) is 5.82. The van der Waals surface area contributed by atoms with Crippen LogP contribution in [-0.4, -0.2) is 65.8 Å². The number of para-hydroxylation sites is 1. The van der Waals surface area contributed by atoms with Crippen LogP contribution < -0.4 is 10.2 Å². The van der Waals surface area contributed by atoms with Crippen molar-refractivity contribution >= 4 is 23.5 Å². The third-order valence-electron chi connectivity index (χ3n) is 7.73. The van der Waals surface area contributed by atoms with E-state index in [-0.39, 0.29) is 29.9 Å².